The molecule has 1 aliphatic rings. The molecular weight excluding hydrogens is 382 g/mol. The fourth-order valence-corrected chi connectivity index (χ4v) is 2.80. The molecule has 2 aromatic carbocycles. The van der Waals surface area contributed by atoms with Gasteiger partial charge in [0.25, 0.3) is 5.91 Å². The maximum atomic E-state index is 11.9. The molecule has 4 rings (SSSR count). The second-order valence-corrected chi connectivity index (χ2v) is 6.27. The van der Waals surface area contributed by atoms with Gasteiger partial charge < -0.3 is 15.4 Å². The zero-order valence-corrected chi connectivity index (χ0v) is 15.8. The number of rotatable bonds is 0. The van der Waals surface area contributed by atoms with E-state index in [1.165, 1.54) is 30.9 Å². The Kier molecular flexibility index (Phi) is 5.56. The Morgan fingerprint density at radius 3 is 2.83 bits per heavy atom. The summed E-state index contributed by atoms with van der Waals surface area (Å²) in [5.41, 5.74) is 2.17. The first-order valence-electron chi connectivity index (χ1n) is 9.14. The van der Waals surface area contributed by atoms with Crippen molar-refractivity contribution in [3.05, 3.63) is 78.8 Å². The predicted octanol–water partition coefficient (Wildman–Crippen LogP) is 2.90. The molecule has 0 saturated heterocycles. The van der Waals surface area contributed by atoms with Gasteiger partial charge in [-0.15, -0.1) is 0 Å². The largest absolute Gasteiger partial charge is 0.490 e. The third kappa shape index (κ3) is 4.56. The molecule has 8 nitrogen and oxygen atoms in total. The van der Waals surface area contributed by atoms with Crippen LogP contribution in [0.15, 0.2) is 78.2 Å². The summed E-state index contributed by atoms with van der Waals surface area (Å²) in [5.74, 6) is 0.326. The molecule has 1 aliphatic heterocycles. The topological polar surface area (TPSA) is 106 Å². The second kappa shape index (κ2) is 8.78. The summed E-state index contributed by atoms with van der Waals surface area (Å²) in [6, 6.07) is 12.9. The van der Waals surface area contributed by atoms with Crippen LogP contribution in [0.3, 0.4) is 0 Å². The van der Waals surface area contributed by atoms with Crippen molar-refractivity contribution in [2.45, 2.75) is 0 Å². The van der Waals surface area contributed by atoms with Gasteiger partial charge >= 0.3 is 0 Å². The number of carbonyl (C=O) groups excluding carboxylic acids is 2. The molecule has 0 spiro atoms. The molecule has 0 radical (unpaired) electrons. The van der Waals surface area contributed by atoms with Crippen molar-refractivity contribution in [1.29, 1.82) is 0 Å². The van der Waals surface area contributed by atoms with Gasteiger partial charge in [0.15, 0.2) is 0 Å². The van der Waals surface area contributed by atoms with E-state index in [1.807, 2.05) is 36.4 Å². The second-order valence-electron chi connectivity index (χ2n) is 6.27. The lowest BCUT2D eigenvalue weighted by atomic mass is 10.1. The highest BCUT2D eigenvalue weighted by molar-refractivity contribution is 6.01. The highest BCUT2D eigenvalue weighted by Gasteiger charge is 2.08. The highest BCUT2D eigenvalue weighted by atomic mass is 16.5. The maximum absolute atomic E-state index is 11.9. The number of ether oxygens (including phenoxy) is 1. The van der Waals surface area contributed by atoms with Crippen molar-refractivity contribution in [3.8, 4) is 5.75 Å². The van der Waals surface area contributed by atoms with E-state index in [2.05, 4.69) is 25.6 Å². The van der Waals surface area contributed by atoms with Gasteiger partial charge in [0, 0.05) is 41.2 Å². The monoisotopic (exact) mass is 399 g/mol. The van der Waals surface area contributed by atoms with Crippen molar-refractivity contribution >= 4 is 40.4 Å². The van der Waals surface area contributed by atoms with Crippen LogP contribution in [0.4, 0.5) is 11.5 Å². The minimum atomic E-state index is -0.504. The molecule has 0 fully saturated rings. The lowest BCUT2D eigenvalue weighted by molar-refractivity contribution is -0.115. The van der Waals surface area contributed by atoms with Crippen LogP contribution in [0.2, 0.25) is 0 Å². The molecule has 8 heteroatoms. The van der Waals surface area contributed by atoms with E-state index in [-0.39, 0.29) is 12.5 Å². The van der Waals surface area contributed by atoms with E-state index in [9.17, 15) is 9.59 Å². The van der Waals surface area contributed by atoms with E-state index in [4.69, 9.17) is 4.74 Å². The summed E-state index contributed by atoms with van der Waals surface area (Å²) in [4.78, 5) is 36.3. The Balaban J connectivity index is 1.77. The SMILES string of the molecule is O=C1/C=C/NC(=O)/C=C\COc2ccc3ncnc(c3c2)Nc2ccccc2C=N1. The highest BCUT2D eigenvalue weighted by Crippen LogP contribution is 2.27. The number of hydrogen-bond donors (Lipinski definition) is 2. The van der Waals surface area contributed by atoms with Crippen molar-refractivity contribution in [2.75, 3.05) is 11.9 Å². The van der Waals surface area contributed by atoms with Gasteiger partial charge in [-0.1, -0.05) is 18.2 Å². The van der Waals surface area contributed by atoms with Gasteiger partial charge in [-0.05, 0) is 30.3 Å². The molecule has 0 atom stereocenters. The Morgan fingerprint density at radius 2 is 1.90 bits per heavy atom. The average molecular weight is 399 g/mol. The standard InChI is InChI=1S/C22H17N5O3/c28-20-6-3-11-30-16-7-8-19-17(12-16)22(26-14-25-19)27-18-5-2-1-4-15(18)13-24-21(29)9-10-23-20/h1-10,12-14H,11H2,(H,23,28)(H,25,26,27)/b6-3-,10-9+,24-13?. The van der Waals surface area contributed by atoms with Gasteiger partial charge in [0.1, 0.15) is 24.5 Å². The van der Waals surface area contributed by atoms with E-state index < -0.39 is 5.91 Å². The fraction of sp³-hybridized carbons (Fsp3) is 0.0455. The van der Waals surface area contributed by atoms with Crippen LogP contribution in [0.25, 0.3) is 10.9 Å². The minimum absolute atomic E-state index is 0.200. The van der Waals surface area contributed by atoms with E-state index in [0.29, 0.717) is 17.1 Å². The normalized spacial score (nSPS) is 16.5. The van der Waals surface area contributed by atoms with Crippen molar-refractivity contribution < 1.29 is 14.3 Å². The fourth-order valence-electron chi connectivity index (χ4n) is 2.80. The van der Waals surface area contributed by atoms with E-state index >= 15 is 0 Å². The summed E-state index contributed by atoms with van der Waals surface area (Å²) >= 11 is 0. The number of fused-ring (bicyclic) bond motifs is 2. The lowest BCUT2D eigenvalue weighted by Gasteiger charge is -2.12. The van der Waals surface area contributed by atoms with Gasteiger partial charge in [-0.3, -0.25) is 9.59 Å². The lowest BCUT2D eigenvalue weighted by Crippen LogP contribution is -2.14. The number of carbonyl (C=O) groups is 2. The summed E-state index contributed by atoms with van der Waals surface area (Å²) in [5, 5.41) is 6.52. The smallest absolute Gasteiger partial charge is 0.271 e. The van der Waals surface area contributed by atoms with Gasteiger partial charge in [0.2, 0.25) is 5.91 Å². The number of nitrogens with zero attached hydrogens (tertiary/aromatic N) is 3. The minimum Gasteiger partial charge on any atom is -0.490 e. The Labute approximate surface area is 172 Å². The summed E-state index contributed by atoms with van der Waals surface area (Å²) < 4.78 is 5.70. The predicted molar refractivity (Wildman–Crippen MR) is 114 cm³/mol. The Hall–Kier alpha value is -4.33. The quantitative estimate of drug-likeness (QED) is 0.602. The van der Waals surface area contributed by atoms with Gasteiger partial charge in [-0.2, -0.15) is 0 Å². The number of aromatic nitrogens is 2. The molecule has 2 bridgehead atoms. The van der Waals surface area contributed by atoms with Gasteiger partial charge in [-0.25, -0.2) is 15.0 Å². The van der Waals surface area contributed by atoms with Crippen LogP contribution in [0.5, 0.6) is 5.75 Å². The average Bonchev–Trinajstić information content (AvgIpc) is 2.76. The maximum Gasteiger partial charge on any atom is 0.271 e. The number of anilines is 2. The van der Waals surface area contributed by atoms with Crippen molar-refractivity contribution in [1.82, 2.24) is 15.3 Å². The molecular formula is C22H17N5O3. The number of nitrogens with one attached hydrogen (secondary N) is 2. The third-order valence-electron chi connectivity index (χ3n) is 4.22. The molecule has 0 unspecified atom stereocenters. The summed E-state index contributed by atoms with van der Waals surface area (Å²) in [6.07, 6.45) is 8.27. The Morgan fingerprint density at radius 1 is 1.00 bits per heavy atom. The molecule has 148 valence electrons. The van der Waals surface area contributed by atoms with Crippen LogP contribution in [0.1, 0.15) is 5.56 Å². The molecule has 30 heavy (non-hydrogen) atoms. The number of benzene rings is 2. The third-order valence-corrected chi connectivity index (χ3v) is 4.22. The zero-order chi connectivity index (χ0) is 20.8. The number of amides is 2. The van der Waals surface area contributed by atoms with Crippen molar-refractivity contribution in [3.63, 3.8) is 0 Å². The molecule has 0 aliphatic carbocycles. The first-order chi connectivity index (χ1) is 14.7. The van der Waals surface area contributed by atoms with Crippen LogP contribution in [-0.2, 0) is 9.59 Å². The molecule has 3 aromatic rings. The Bertz CT molecular complexity index is 1200. The van der Waals surface area contributed by atoms with E-state index in [0.717, 1.165) is 16.6 Å². The van der Waals surface area contributed by atoms with Crippen LogP contribution in [0, 0.1) is 0 Å². The number of aliphatic imine (C=N–C) groups is 1. The number of hydrogen-bond acceptors (Lipinski definition) is 6. The van der Waals surface area contributed by atoms with Crippen molar-refractivity contribution in [2.24, 2.45) is 4.99 Å². The van der Waals surface area contributed by atoms with Crippen LogP contribution in [-0.4, -0.2) is 34.6 Å². The summed E-state index contributed by atoms with van der Waals surface area (Å²) in [6.45, 7) is 0.200. The summed E-state index contributed by atoms with van der Waals surface area (Å²) in [7, 11) is 0. The molecule has 0 saturated carbocycles. The van der Waals surface area contributed by atoms with Gasteiger partial charge in [0.05, 0.1) is 5.52 Å². The van der Waals surface area contributed by atoms with Crippen LogP contribution < -0.4 is 15.4 Å². The first-order valence-corrected chi connectivity index (χ1v) is 9.14. The molecule has 2 N–H and O–H groups in total. The molecule has 2 amide bonds. The van der Waals surface area contributed by atoms with Crippen LogP contribution >= 0.6 is 0 Å². The molecule has 1 aromatic heterocycles. The zero-order valence-electron chi connectivity index (χ0n) is 15.8. The molecule has 2 heterocycles. The van der Waals surface area contributed by atoms with E-state index in [1.54, 1.807) is 12.1 Å². The number of para-hydroxylation sites is 1. The first kappa shape index (κ1) is 19.0.